The third-order valence-electron chi connectivity index (χ3n) is 6.16. The normalized spacial score (nSPS) is 23.3. The number of ether oxygens (including phenoxy) is 1. The van der Waals surface area contributed by atoms with E-state index in [1.54, 1.807) is 0 Å². The molecule has 4 nitrogen and oxygen atoms in total. The van der Waals surface area contributed by atoms with Crippen LogP contribution in [0.4, 0.5) is 0 Å². The van der Waals surface area contributed by atoms with E-state index in [2.05, 4.69) is 23.2 Å². The van der Waals surface area contributed by atoms with Gasteiger partial charge in [-0.3, -0.25) is 0 Å². The number of nitrogens with one attached hydrogen (secondary N) is 1. The number of likely N-dealkylation sites (tertiary alicyclic amines) is 1. The molecular weight excluding hydrogens is 288 g/mol. The molecule has 0 atom stereocenters. The molecule has 4 rings (SSSR count). The lowest BCUT2D eigenvalue weighted by Gasteiger charge is -2.34. The highest BCUT2D eigenvalue weighted by atomic mass is 16.5. The van der Waals surface area contributed by atoms with Crippen molar-refractivity contribution in [1.82, 2.24) is 10.2 Å². The van der Waals surface area contributed by atoms with E-state index in [0.717, 1.165) is 24.1 Å². The van der Waals surface area contributed by atoms with E-state index in [0.29, 0.717) is 12.0 Å². The van der Waals surface area contributed by atoms with E-state index in [1.165, 1.54) is 56.6 Å². The first-order chi connectivity index (χ1) is 11.2. The third-order valence-corrected chi connectivity index (χ3v) is 6.16. The summed E-state index contributed by atoms with van der Waals surface area (Å²) in [6, 6.07) is 4.07. The SMILES string of the molecule is Cc1c(CCN2CCC3(CCNCC3)C2)ccc2c1COC2=O. The summed E-state index contributed by atoms with van der Waals surface area (Å²) in [5, 5.41) is 3.49. The summed E-state index contributed by atoms with van der Waals surface area (Å²) in [4.78, 5) is 14.3. The van der Waals surface area contributed by atoms with Crippen LogP contribution in [0.2, 0.25) is 0 Å². The van der Waals surface area contributed by atoms with Crippen molar-refractivity contribution in [2.24, 2.45) is 5.41 Å². The Morgan fingerprint density at radius 1 is 1.26 bits per heavy atom. The Labute approximate surface area is 138 Å². The van der Waals surface area contributed by atoms with Crippen LogP contribution in [0.1, 0.15) is 46.3 Å². The Kier molecular flexibility index (Phi) is 3.90. The van der Waals surface area contributed by atoms with Gasteiger partial charge in [-0.2, -0.15) is 0 Å². The van der Waals surface area contributed by atoms with Gasteiger partial charge in [0.2, 0.25) is 0 Å². The van der Waals surface area contributed by atoms with Crippen molar-refractivity contribution in [3.8, 4) is 0 Å². The van der Waals surface area contributed by atoms with Gasteiger partial charge in [-0.25, -0.2) is 4.79 Å². The minimum Gasteiger partial charge on any atom is -0.457 e. The molecule has 0 bridgehead atoms. The molecule has 1 aromatic rings. The van der Waals surface area contributed by atoms with Crippen molar-refractivity contribution in [3.63, 3.8) is 0 Å². The second-order valence-electron chi connectivity index (χ2n) is 7.48. The molecule has 3 aliphatic rings. The Balaban J connectivity index is 1.40. The topological polar surface area (TPSA) is 41.6 Å². The Hall–Kier alpha value is -1.39. The monoisotopic (exact) mass is 314 g/mol. The molecule has 0 radical (unpaired) electrons. The quantitative estimate of drug-likeness (QED) is 0.869. The zero-order valence-electron chi connectivity index (χ0n) is 14.0. The number of fused-ring (bicyclic) bond motifs is 1. The number of hydrogen-bond acceptors (Lipinski definition) is 4. The Morgan fingerprint density at radius 2 is 2.09 bits per heavy atom. The summed E-state index contributed by atoms with van der Waals surface area (Å²) in [5.74, 6) is -0.165. The molecule has 2 saturated heterocycles. The van der Waals surface area contributed by atoms with Crippen LogP contribution in [-0.4, -0.2) is 43.6 Å². The first-order valence-electron chi connectivity index (χ1n) is 8.88. The highest BCUT2D eigenvalue weighted by Gasteiger charge is 2.38. The van der Waals surface area contributed by atoms with Gasteiger partial charge in [0.25, 0.3) is 0 Å². The maximum atomic E-state index is 11.6. The minimum atomic E-state index is -0.165. The predicted octanol–water partition coefficient (Wildman–Crippen LogP) is 2.28. The fourth-order valence-corrected chi connectivity index (χ4v) is 4.53. The number of benzene rings is 1. The van der Waals surface area contributed by atoms with Crippen molar-refractivity contribution in [2.45, 2.75) is 39.2 Å². The summed E-state index contributed by atoms with van der Waals surface area (Å²) in [5.41, 5.74) is 5.07. The van der Waals surface area contributed by atoms with Crippen molar-refractivity contribution in [1.29, 1.82) is 0 Å². The van der Waals surface area contributed by atoms with Gasteiger partial charge < -0.3 is 15.0 Å². The van der Waals surface area contributed by atoms with Gasteiger partial charge in [0.05, 0.1) is 5.56 Å². The van der Waals surface area contributed by atoms with Crippen LogP contribution >= 0.6 is 0 Å². The molecule has 1 N–H and O–H groups in total. The maximum Gasteiger partial charge on any atom is 0.338 e. The number of nitrogens with zero attached hydrogens (tertiary/aromatic N) is 1. The van der Waals surface area contributed by atoms with Gasteiger partial charge in [-0.15, -0.1) is 0 Å². The molecule has 2 fully saturated rings. The number of carbonyl (C=O) groups is 1. The summed E-state index contributed by atoms with van der Waals surface area (Å²) in [6.07, 6.45) is 5.10. The predicted molar refractivity (Wildman–Crippen MR) is 89.6 cm³/mol. The highest BCUT2D eigenvalue weighted by Crippen LogP contribution is 2.38. The molecule has 1 aromatic carbocycles. The lowest BCUT2D eigenvalue weighted by Crippen LogP contribution is -2.38. The van der Waals surface area contributed by atoms with Gasteiger partial charge in [-0.1, -0.05) is 6.07 Å². The average Bonchev–Trinajstić information content (AvgIpc) is 3.13. The summed E-state index contributed by atoms with van der Waals surface area (Å²) in [6.45, 7) is 8.59. The molecule has 23 heavy (non-hydrogen) atoms. The largest absolute Gasteiger partial charge is 0.457 e. The standard InChI is InChI=1S/C19H26N2O2/c1-14-15(2-3-16-17(14)12-23-18(16)22)4-10-21-11-7-19(13-21)5-8-20-9-6-19/h2-3,20H,4-13H2,1H3. The van der Waals surface area contributed by atoms with Crippen molar-refractivity contribution >= 4 is 5.97 Å². The van der Waals surface area contributed by atoms with Crippen LogP contribution in [0.5, 0.6) is 0 Å². The summed E-state index contributed by atoms with van der Waals surface area (Å²) >= 11 is 0. The molecule has 0 aliphatic carbocycles. The molecule has 0 amide bonds. The molecule has 1 spiro atoms. The molecule has 3 aliphatic heterocycles. The molecule has 4 heteroatoms. The summed E-state index contributed by atoms with van der Waals surface area (Å²) in [7, 11) is 0. The lowest BCUT2D eigenvalue weighted by atomic mass is 9.78. The van der Waals surface area contributed by atoms with Crippen molar-refractivity contribution < 1.29 is 9.53 Å². The number of rotatable bonds is 3. The van der Waals surface area contributed by atoms with E-state index >= 15 is 0 Å². The van der Waals surface area contributed by atoms with Gasteiger partial charge in [0.15, 0.2) is 0 Å². The lowest BCUT2D eigenvalue weighted by molar-refractivity contribution is 0.0535. The smallest absolute Gasteiger partial charge is 0.338 e. The Bertz CT molecular complexity index is 620. The number of hydrogen-bond donors (Lipinski definition) is 1. The maximum absolute atomic E-state index is 11.6. The number of carbonyl (C=O) groups excluding carboxylic acids is 1. The fraction of sp³-hybridized carbons (Fsp3) is 0.632. The van der Waals surface area contributed by atoms with Crippen LogP contribution in [0.25, 0.3) is 0 Å². The van der Waals surface area contributed by atoms with Gasteiger partial charge in [0, 0.05) is 18.7 Å². The first-order valence-corrected chi connectivity index (χ1v) is 8.88. The van der Waals surface area contributed by atoms with E-state index in [9.17, 15) is 4.79 Å². The fourth-order valence-electron chi connectivity index (χ4n) is 4.53. The number of esters is 1. The average molecular weight is 314 g/mol. The second kappa shape index (κ2) is 5.91. The van der Waals surface area contributed by atoms with Crippen molar-refractivity contribution in [3.05, 3.63) is 34.4 Å². The third kappa shape index (κ3) is 2.79. The van der Waals surface area contributed by atoms with E-state index in [-0.39, 0.29) is 5.97 Å². The zero-order chi connectivity index (χ0) is 15.9. The van der Waals surface area contributed by atoms with Crippen LogP contribution in [0.3, 0.4) is 0 Å². The van der Waals surface area contributed by atoms with E-state index in [4.69, 9.17) is 4.74 Å². The van der Waals surface area contributed by atoms with Crippen LogP contribution in [-0.2, 0) is 17.8 Å². The van der Waals surface area contributed by atoms with Gasteiger partial charge >= 0.3 is 5.97 Å². The van der Waals surface area contributed by atoms with E-state index < -0.39 is 0 Å². The molecule has 0 saturated carbocycles. The van der Waals surface area contributed by atoms with Gasteiger partial charge in [0.1, 0.15) is 6.61 Å². The second-order valence-corrected chi connectivity index (χ2v) is 7.48. The zero-order valence-corrected chi connectivity index (χ0v) is 14.0. The first kappa shape index (κ1) is 15.2. The van der Waals surface area contributed by atoms with Crippen LogP contribution in [0, 0.1) is 12.3 Å². The minimum absolute atomic E-state index is 0.165. The van der Waals surface area contributed by atoms with E-state index in [1.807, 2.05) is 6.07 Å². The number of cyclic esters (lactones) is 1. The van der Waals surface area contributed by atoms with Crippen molar-refractivity contribution in [2.75, 3.05) is 32.7 Å². The van der Waals surface area contributed by atoms with Crippen LogP contribution < -0.4 is 5.32 Å². The summed E-state index contributed by atoms with van der Waals surface area (Å²) < 4.78 is 5.16. The number of piperidine rings is 1. The molecule has 0 unspecified atom stereocenters. The molecule has 3 heterocycles. The molecular formula is C19H26N2O2. The highest BCUT2D eigenvalue weighted by molar-refractivity contribution is 5.93. The molecule has 0 aromatic heterocycles. The Morgan fingerprint density at radius 3 is 2.91 bits per heavy atom. The van der Waals surface area contributed by atoms with Crippen LogP contribution in [0.15, 0.2) is 12.1 Å². The van der Waals surface area contributed by atoms with Gasteiger partial charge in [-0.05, 0) is 74.8 Å². The molecule has 124 valence electrons.